The highest BCUT2D eigenvalue weighted by atomic mass is 16.6. The summed E-state index contributed by atoms with van der Waals surface area (Å²) < 4.78 is 0. The van der Waals surface area contributed by atoms with Gasteiger partial charge in [0.15, 0.2) is 0 Å². The normalized spacial score (nSPS) is 10.5. The van der Waals surface area contributed by atoms with Gasteiger partial charge in [0.2, 0.25) is 0 Å². The van der Waals surface area contributed by atoms with E-state index in [2.05, 4.69) is 10.3 Å². The van der Waals surface area contributed by atoms with Crippen molar-refractivity contribution in [1.82, 2.24) is 4.98 Å². The number of nitrogens with one attached hydrogen (secondary N) is 1. The number of phenolic OH excluding ortho intramolecular Hbond substituents is 1. The van der Waals surface area contributed by atoms with E-state index in [1.807, 2.05) is 6.07 Å². The smallest absolute Gasteiger partial charge is 0.278 e. The number of nitro benzene ring substituents is 1. The van der Waals surface area contributed by atoms with E-state index in [0.717, 1.165) is 16.6 Å². The quantitative estimate of drug-likeness (QED) is 0.568. The van der Waals surface area contributed by atoms with Gasteiger partial charge in [0.05, 0.1) is 10.3 Å². The molecule has 110 valence electrons. The summed E-state index contributed by atoms with van der Waals surface area (Å²) in [7, 11) is 0. The van der Waals surface area contributed by atoms with Gasteiger partial charge in [-0.05, 0) is 29.8 Å². The number of benzene rings is 2. The maximum absolute atomic E-state index is 11.1. The van der Waals surface area contributed by atoms with Gasteiger partial charge in [-0.2, -0.15) is 0 Å². The average molecular weight is 295 g/mol. The molecule has 0 atom stereocenters. The number of aromatic nitrogens is 1. The van der Waals surface area contributed by atoms with Crippen LogP contribution in [0.1, 0.15) is 5.56 Å². The van der Waals surface area contributed by atoms with Gasteiger partial charge >= 0.3 is 0 Å². The molecular weight excluding hydrogens is 282 g/mol. The minimum Gasteiger partial charge on any atom is -0.508 e. The molecular formula is C16H13N3O3. The van der Waals surface area contributed by atoms with E-state index in [1.54, 1.807) is 36.5 Å². The van der Waals surface area contributed by atoms with Gasteiger partial charge in [0, 0.05) is 36.1 Å². The maximum atomic E-state index is 11.1. The summed E-state index contributed by atoms with van der Waals surface area (Å²) in [6.45, 7) is 0.504. The Labute approximate surface area is 126 Å². The first-order valence-corrected chi connectivity index (χ1v) is 6.68. The van der Waals surface area contributed by atoms with E-state index >= 15 is 0 Å². The standard InChI is InChI=1S/C16H13N3O3/c20-12-3-1-2-11(8-12)9-18-15-4-5-16(19(21)22)14-10-17-7-6-13(14)15/h1-8,10,18,20H,9H2. The van der Waals surface area contributed by atoms with E-state index < -0.39 is 4.92 Å². The van der Waals surface area contributed by atoms with Crippen LogP contribution in [0.25, 0.3) is 10.8 Å². The van der Waals surface area contributed by atoms with Crippen LogP contribution in [0, 0.1) is 10.1 Å². The van der Waals surface area contributed by atoms with Crippen molar-refractivity contribution in [2.75, 3.05) is 5.32 Å². The molecule has 0 unspecified atom stereocenters. The van der Waals surface area contributed by atoms with E-state index in [-0.39, 0.29) is 11.4 Å². The zero-order valence-electron chi connectivity index (χ0n) is 11.6. The van der Waals surface area contributed by atoms with E-state index in [1.165, 1.54) is 12.3 Å². The molecule has 3 aromatic rings. The number of aromatic hydroxyl groups is 1. The second kappa shape index (κ2) is 5.69. The molecule has 0 amide bonds. The number of pyridine rings is 1. The van der Waals surface area contributed by atoms with Crippen LogP contribution >= 0.6 is 0 Å². The zero-order chi connectivity index (χ0) is 15.5. The van der Waals surface area contributed by atoms with Crippen LogP contribution in [0.3, 0.4) is 0 Å². The Morgan fingerprint density at radius 3 is 2.82 bits per heavy atom. The number of rotatable bonds is 4. The van der Waals surface area contributed by atoms with Crippen molar-refractivity contribution in [1.29, 1.82) is 0 Å². The van der Waals surface area contributed by atoms with E-state index in [4.69, 9.17) is 0 Å². The van der Waals surface area contributed by atoms with Gasteiger partial charge in [0.25, 0.3) is 5.69 Å². The maximum Gasteiger partial charge on any atom is 0.278 e. The number of phenols is 1. The van der Waals surface area contributed by atoms with Crippen LogP contribution < -0.4 is 5.32 Å². The molecule has 0 aliphatic carbocycles. The number of non-ortho nitro benzene ring substituents is 1. The van der Waals surface area contributed by atoms with Gasteiger partial charge in [-0.15, -0.1) is 0 Å². The van der Waals surface area contributed by atoms with Crippen LogP contribution in [-0.2, 0) is 6.54 Å². The second-order valence-electron chi connectivity index (χ2n) is 4.83. The van der Waals surface area contributed by atoms with Gasteiger partial charge in [-0.25, -0.2) is 0 Å². The first-order chi connectivity index (χ1) is 10.6. The van der Waals surface area contributed by atoms with Crippen molar-refractivity contribution in [3.05, 3.63) is 70.5 Å². The van der Waals surface area contributed by atoms with Crippen LogP contribution in [0.5, 0.6) is 5.75 Å². The molecule has 2 N–H and O–H groups in total. The lowest BCUT2D eigenvalue weighted by atomic mass is 10.1. The summed E-state index contributed by atoms with van der Waals surface area (Å²) in [4.78, 5) is 14.6. The minimum absolute atomic E-state index is 0.0333. The summed E-state index contributed by atoms with van der Waals surface area (Å²) in [5.41, 5.74) is 1.73. The van der Waals surface area contributed by atoms with Gasteiger partial charge in [0.1, 0.15) is 5.75 Å². The molecule has 0 spiro atoms. The highest BCUT2D eigenvalue weighted by molar-refractivity contribution is 5.99. The predicted octanol–water partition coefficient (Wildman–Crippen LogP) is 3.46. The van der Waals surface area contributed by atoms with Crippen molar-refractivity contribution in [3.63, 3.8) is 0 Å². The number of fused-ring (bicyclic) bond motifs is 1. The van der Waals surface area contributed by atoms with Crippen molar-refractivity contribution in [2.24, 2.45) is 0 Å². The Balaban J connectivity index is 1.95. The van der Waals surface area contributed by atoms with E-state index in [0.29, 0.717) is 11.9 Å². The average Bonchev–Trinajstić information content (AvgIpc) is 2.52. The highest BCUT2D eigenvalue weighted by Gasteiger charge is 2.14. The van der Waals surface area contributed by atoms with Crippen molar-refractivity contribution >= 4 is 22.1 Å². The molecule has 0 aliphatic heterocycles. The van der Waals surface area contributed by atoms with Crippen molar-refractivity contribution in [3.8, 4) is 5.75 Å². The zero-order valence-corrected chi connectivity index (χ0v) is 11.6. The molecule has 0 bridgehead atoms. The fourth-order valence-corrected chi connectivity index (χ4v) is 2.35. The topological polar surface area (TPSA) is 88.3 Å². The van der Waals surface area contributed by atoms with Gasteiger partial charge in [-0.3, -0.25) is 15.1 Å². The molecule has 3 rings (SSSR count). The Morgan fingerprint density at radius 1 is 1.18 bits per heavy atom. The summed E-state index contributed by atoms with van der Waals surface area (Å²) in [5, 5.41) is 25.0. The van der Waals surface area contributed by atoms with Gasteiger partial charge < -0.3 is 10.4 Å². The summed E-state index contributed by atoms with van der Waals surface area (Å²) in [6.07, 6.45) is 3.10. The number of anilines is 1. The lowest BCUT2D eigenvalue weighted by Gasteiger charge is -2.10. The third kappa shape index (κ3) is 2.67. The Kier molecular flexibility index (Phi) is 3.57. The molecule has 0 fully saturated rings. The molecule has 0 radical (unpaired) electrons. The third-order valence-electron chi connectivity index (χ3n) is 3.39. The molecule has 1 heterocycles. The molecule has 0 aliphatic rings. The minimum atomic E-state index is -0.414. The largest absolute Gasteiger partial charge is 0.508 e. The van der Waals surface area contributed by atoms with Crippen molar-refractivity contribution in [2.45, 2.75) is 6.54 Å². The van der Waals surface area contributed by atoms with Crippen LogP contribution in [-0.4, -0.2) is 15.0 Å². The molecule has 1 aromatic heterocycles. The number of nitrogens with zero attached hydrogens (tertiary/aromatic N) is 2. The molecule has 22 heavy (non-hydrogen) atoms. The third-order valence-corrected chi connectivity index (χ3v) is 3.39. The molecule has 0 saturated heterocycles. The molecule has 6 heteroatoms. The Bertz CT molecular complexity index is 849. The van der Waals surface area contributed by atoms with Crippen LogP contribution in [0.4, 0.5) is 11.4 Å². The Hall–Kier alpha value is -3.15. The second-order valence-corrected chi connectivity index (χ2v) is 4.83. The monoisotopic (exact) mass is 295 g/mol. The summed E-state index contributed by atoms with van der Waals surface area (Å²) in [5.74, 6) is 0.206. The highest BCUT2D eigenvalue weighted by Crippen LogP contribution is 2.31. The molecule has 0 saturated carbocycles. The summed E-state index contributed by atoms with van der Waals surface area (Å²) >= 11 is 0. The lowest BCUT2D eigenvalue weighted by Crippen LogP contribution is -2.01. The lowest BCUT2D eigenvalue weighted by molar-refractivity contribution is -0.383. The van der Waals surface area contributed by atoms with Crippen LogP contribution in [0.15, 0.2) is 54.9 Å². The molecule has 6 nitrogen and oxygen atoms in total. The fraction of sp³-hybridized carbons (Fsp3) is 0.0625. The Morgan fingerprint density at radius 2 is 2.05 bits per heavy atom. The van der Waals surface area contributed by atoms with Crippen LogP contribution in [0.2, 0.25) is 0 Å². The number of hydrogen-bond acceptors (Lipinski definition) is 5. The SMILES string of the molecule is O=[N+]([O-])c1ccc(NCc2cccc(O)c2)c2ccncc12. The number of hydrogen-bond donors (Lipinski definition) is 2. The van der Waals surface area contributed by atoms with E-state index in [9.17, 15) is 15.2 Å². The first-order valence-electron chi connectivity index (χ1n) is 6.68. The first kappa shape index (κ1) is 13.8. The molecule has 2 aromatic carbocycles. The van der Waals surface area contributed by atoms with Gasteiger partial charge in [-0.1, -0.05) is 12.1 Å². The van der Waals surface area contributed by atoms with Crippen molar-refractivity contribution < 1.29 is 10.0 Å². The fourth-order valence-electron chi connectivity index (χ4n) is 2.35. The predicted molar refractivity (Wildman–Crippen MR) is 83.8 cm³/mol. The summed E-state index contributed by atoms with van der Waals surface area (Å²) in [6, 6.07) is 11.8. The number of nitro groups is 1.